The Morgan fingerprint density at radius 3 is 2.75 bits per heavy atom. The van der Waals surface area contributed by atoms with Gasteiger partial charge in [0.25, 0.3) is 0 Å². The van der Waals surface area contributed by atoms with Crippen molar-refractivity contribution in [2.75, 3.05) is 0 Å². The first-order valence-corrected chi connectivity index (χ1v) is 4.97. The molecule has 70 valence electrons. The molecular weight excluding hydrogens is 213 g/mol. The van der Waals surface area contributed by atoms with Crippen LogP contribution in [0.25, 0.3) is 0 Å². The van der Waals surface area contributed by atoms with Crippen molar-refractivity contribution in [2.24, 2.45) is 5.73 Å². The van der Waals surface area contributed by atoms with Crippen LogP contribution < -0.4 is 5.73 Å². The van der Waals surface area contributed by atoms with Crippen LogP contribution in [0.1, 0.15) is 18.2 Å². The largest absolute Gasteiger partial charge is 0.327 e. The van der Waals surface area contributed by atoms with E-state index < -0.39 is 0 Å². The first-order valence-electron chi connectivity index (χ1n) is 3.71. The molecule has 1 rings (SSSR count). The van der Waals surface area contributed by atoms with Gasteiger partial charge < -0.3 is 5.73 Å². The molecule has 0 radical (unpaired) electrons. The molecule has 0 saturated carbocycles. The Hall–Kier alpha value is 0.240. The van der Waals surface area contributed by atoms with Crippen molar-refractivity contribution in [3.63, 3.8) is 0 Å². The van der Waals surface area contributed by atoms with Gasteiger partial charge in [0.1, 0.15) is 0 Å². The van der Waals surface area contributed by atoms with Crippen molar-refractivity contribution >= 4 is 35.3 Å². The molecule has 2 N–H and O–H groups in total. The Balaban J connectivity index is 0.00000121. The molecule has 1 aromatic rings. The molecule has 1 heterocycles. The van der Waals surface area contributed by atoms with Crippen LogP contribution >= 0.6 is 35.3 Å². The third kappa shape index (κ3) is 3.31. The fourth-order valence-electron chi connectivity index (χ4n) is 0.853. The Kier molecular flexibility index (Phi) is 5.93. The SMILES string of the molecule is CCC(N)Cc1sccc1Cl.Cl. The van der Waals surface area contributed by atoms with Crippen molar-refractivity contribution in [3.8, 4) is 0 Å². The maximum Gasteiger partial charge on any atom is 0.0545 e. The number of hydrogen-bond donors (Lipinski definition) is 1. The third-order valence-electron chi connectivity index (χ3n) is 1.66. The summed E-state index contributed by atoms with van der Waals surface area (Å²) in [6, 6.07) is 2.18. The van der Waals surface area contributed by atoms with Crippen LogP contribution in [0.5, 0.6) is 0 Å². The van der Waals surface area contributed by atoms with E-state index in [0.29, 0.717) is 0 Å². The highest BCUT2D eigenvalue weighted by Gasteiger charge is 2.05. The Morgan fingerprint density at radius 1 is 1.67 bits per heavy atom. The van der Waals surface area contributed by atoms with Crippen LogP contribution in [-0.2, 0) is 6.42 Å². The summed E-state index contributed by atoms with van der Waals surface area (Å²) in [6.07, 6.45) is 1.92. The molecular formula is C8H13Cl2NS. The molecule has 12 heavy (non-hydrogen) atoms. The van der Waals surface area contributed by atoms with Gasteiger partial charge >= 0.3 is 0 Å². The molecule has 0 saturated heterocycles. The molecule has 0 spiro atoms. The second-order valence-electron chi connectivity index (χ2n) is 2.56. The Bertz CT molecular complexity index is 225. The minimum atomic E-state index is 0. The molecule has 0 aliphatic carbocycles. The van der Waals surface area contributed by atoms with Crippen molar-refractivity contribution in [3.05, 3.63) is 21.3 Å². The molecule has 0 aliphatic heterocycles. The van der Waals surface area contributed by atoms with Gasteiger partial charge in [-0.1, -0.05) is 18.5 Å². The van der Waals surface area contributed by atoms with Gasteiger partial charge in [-0.05, 0) is 24.3 Å². The average Bonchev–Trinajstić information content (AvgIpc) is 2.37. The topological polar surface area (TPSA) is 26.0 Å². The van der Waals surface area contributed by atoms with Gasteiger partial charge in [0.15, 0.2) is 0 Å². The molecule has 1 atom stereocenters. The maximum absolute atomic E-state index is 5.90. The summed E-state index contributed by atoms with van der Waals surface area (Å²) in [6.45, 7) is 2.09. The van der Waals surface area contributed by atoms with Gasteiger partial charge in [0.2, 0.25) is 0 Å². The zero-order valence-electron chi connectivity index (χ0n) is 6.92. The van der Waals surface area contributed by atoms with Gasteiger partial charge in [-0.3, -0.25) is 0 Å². The molecule has 1 aromatic heterocycles. The predicted octanol–water partition coefficient (Wildman–Crippen LogP) is 3.10. The van der Waals surface area contributed by atoms with Crippen molar-refractivity contribution in [1.82, 2.24) is 0 Å². The van der Waals surface area contributed by atoms with Gasteiger partial charge in [-0.15, -0.1) is 23.7 Å². The first kappa shape index (κ1) is 12.2. The predicted molar refractivity (Wildman–Crippen MR) is 58.5 cm³/mol. The van der Waals surface area contributed by atoms with E-state index in [1.807, 2.05) is 11.4 Å². The quantitative estimate of drug-likeness (QED) is 0.841. The van der Waals surface area contributed by atoms with Crippen molar-refractivity contribution < 1.29 is 0 Å². The van der Waals surface area contributed by atoms with E-state index in [-0.39, 0.29) is 18.4 Å². The molecule has 0 bridgehead atoms. The molecule has 4 heteroatoms. The summed E-state index contributed by atoms with van der Waals surface area (Å²) >= 11 is 7.58. The summed E-state index contributed by atoms with van der Waals surface area (Å²) < 4.78 is 0. The van der Waals surface area contributed by atoms with Crippen molar-refractivity contribution in [1.29, 1.82) is 0 Å². The van der Waals surface area contributed by atoms with E-state index in [1.165, 1.54) is 4.88 Å². The van der Waals surface area contributed by atoms with E-state index in [1.54, 1.807) is 11.3 Å². The lowest BCUT2D eigenvalue weighted by Crippen LogP contribution is -2.20. The van der Waals surface area contributed by atoms with Crippen LogP contribution in [0, 0.1) is 0 Å². The minimum Gasteiger partial charge on any atom is -0.327 e. The fourth-order valence-corrected chi connectivity index (χ4v) is 2.06. The first-order chi connectivity index (χ1) is 5.24. The summed E-state index contributed by atoms with van der Waals surface area (Å²) in [7, 11) is 0. The lowest BCUT2D eigenvalue weighted by molar-refractivity contribution is 0.652. The lowest BCUT2D eigenvalue weighted by atomic mass is 10.1. The third-order valence-corrected chi connectivity index (χ3v) is 3.07. The minimum absolute atomic E-state index is 0. The highest BCUT2D eigenvalue weighted by Crippen LogP contribution is 2.23. The summed E-state index contributed by atoms with van der Waals surface area (Å²) in [5.41, 5.74) is 5.78. The van der Waals surface area contributed by atoms with Gasteiger partial charge in [-0.25, -0.2) is 0 Å². The number of halogens is 2. The second-order valence-corrected chi connectivity index (χ2v) is 3.97. The highest BCUT2D eigenvalue weighted by atomic mass is 35.5. The van der Waals surface area contributed by atoms with Crippen molar-refractivity contribution in [2.45, 2.75) is 25.8 Å². The molecule has 0 fully saturated rings. The molecule has 1 nitrogen and oxygen atoms in total. The Labute approximate surface area is 88.3 Å². The van der Waals surface area contributed by atoms with E-state index in [2.05, 4.69) is 6.92 Å². The fraction of sp³-hybridized carbons (Fsp3) is 0.500. The van der Waals surface area contributed by atoms with Crippen LogP contribution in [0.15, 0.2) is 11.4 Å². The van der Waals surface area contributed by atoms with Gasteiger partial charge in [0, 0.05) is 10.9 Å². The van der Waals surface area contributed by atoms with E-state index in [0.717, 1.165) is 17.9 Å². The lowest BCUT2D eigenvalue weighted by Gasteiger charge is -2.05. The number of thiophene rings is 1. The average molecular weight is 226 g/mol. The van der Waals surface area contributed by atoms with Gasteiger partial charge in [-0.2, -0.15) is 0 Å². The summed E-state index contributed by atoms with van der Waals surface area (Å²) in [4.78, 5) is 1.21. The zero-order valence-corrected chi connectivity index (χ0v) is 9.31. The standard InChI is InChI=1S/C8H12ClNS.ClH/c1-2-6(10)5-8-7(9)3-4-11-8;/h3-4,6H,2,5,10H2,1H3;1H. The van der Waals surface area contributed by atoms with Crippen LogP contribution in [0.2, 0.25) is 5.02 Å². The molecule has 0 aliphatic rings. The second kappa shape index (κ2) is 5.81. The number of rotatable bonds is 3. The van der Waals surface area contributed by atoms with E-state index in [9.17, 15) is 0 Å². The zero-order chi connectivity index (χ0) is 8.27. The van der Waals surface area contributed by atoms with Crippen LogP contribution in [0.3, 0.4) is 0 Å². The molecule has 0 amide bonds. The number of nitrogens with two attached hydrogens (primary N) is 1. The maximum atomic E-state index is 5.90. The number of hydrogen-bond acceptors (Lipinski definition) is 2. The summed E-state index contributed by atoms with van der Waals surface area (Å²) in [5.74, 6) is 0. The van der Waals surface area contributed by atoms with Crippen LogP contribution in [-0.4, -0.2) is 6.04 Å². The molecule has 0 aromatic carbocycles. The van der Waals surface area contributed by atoms with E-state index >= 15 is 0 Å². The highest BCUT2D eigenvalue weighted by molar-refractivity contribution is 7.10. The normalized spacial score (nSPS) is 12.2. The monoisotopic (exact) mass is 225 g/mol. The van der Waals surface area contributed by atoms with Gasteiger partial charge in [0.05, 0.1) is 5.02 Å². The molecule has 1 unspecified atom stereocenters. The smallest absolute Gasteiger partial charge is 0.0545 e. The summed E-state index contributed by atoms with van der Waals surface area (Å²) in [5, 5.41) is 2.86. The van der Waals surface area contributed by atoms with E-state index in [4.69, 9.17) is 17.3 Å². The van der Waals surface area contributed by atoms with Crippen LogP contribution in [0.4, 0.5) is 0 Å². The Morgan fingerprint density at radius 2 is 2.33 bits per heavy atom.